The Hall–Kier alpha value is -3.67. The van der Waals surface area contributed by atoms with Crippen LogP contribution in [0.5, 0.6) is 0 Å². The number of anilines is 2. The molecule has 0 spiro atoms. The average Bonchev–Trinajstić information content (AvgIpc) is 2.80. The maximum absolute atomic E-state index is 12.8. The highest BCUT2D eigenvalue weighted by Gasteiger charge is 2.33. The highest BCUT2D eigenvalue weighted by Crippen LogP contribution is 2.35. The monoisotopic (exact) mass is 480 g/mol. The van der Waals surface area contributed by atoms with Crippen LogP contribution in [0.25, 0.3) is 0 Å². The molecule has 2 amide bonds. The Morgan fingerprint density at radius 2 is 1.85 bits per heavy atom. The molecule has 0 atom stereocenters. The van der Waals surface area contributed by atoms with Gasteiger partial charge in [-0.1, -0.05) is 6.07 Å². The number of halogens is 3. The van der Waals surface area contributed by atoms with E-state index in [0.29, 0.717) is 49.2 Å². The van der Waals surface area contributed by atoms with Gasteiger partial charge < -0.3 is 20.3 Å². The predicted octanol–water partition coefficient (Wildman–Crippen LogP) is 3.84. The molecule has 1 fully saturated rings. The van der Waals surface area contributed by atoms with Crippen molar-refractivity contribution in [2.75, 3.05) is 43.5 Å². The van der Waals surface area contributed by atoms with Gasteiger partial charge in [0, 0.05) is 43.4 Å². The molecular formula is C22H23F3N4O5. The van der Waals surface area contributed by atoms with Crippen molar-refractivity contribution in [3.05, 3.63) is 63.2 Å². The van der Waals surface area contributed by atoms with Crippen LogP contribution in [-0.4, -0.2) is 54.5 Å². The molecule has 0 bridgehead atoms. The number of benzene rings is 2. The third-order valence-corrected chi connectivity index (χ3v) is 5.33. The Kier molecular flexibility index (Phi) is 7.72. The Morgan fingerprint density at radius 1 is 1.15 bits per heavy atom. The van der Waals surface area contributed by atoms with Crippen LogP contribution in [0.15, 0.2) is 36.4 Å². The molecule has 0 saturated carbocycles. The van der Waals surface area contributed by atoms with Crippen molar-refractivity contribution in [3.63, 3.8) is 0 Å². The summed E-state index contributed by atoms with van der Waals surface area (Å²) in [7, 11) is 0. The second kappa shape index (κ2) is 10.5. The lowest BCUT2D eigenvalue weighted by molar-refractivity contribution is -0.384. The molecule has 2 aromatic rings. The van der Waals surface area contributed by atoms with Crippen LogP contribution in [0, 0.1) is 17.0 Å². The minimum Gasteiger partial charge on any atom is -0.379 e. The zero-order valence-corrected chi connectivity index (χ0v) is 18.3. The fraction of sp³-hybridized carbons (Fsp3) is 0.364. The van der Waals surface area contributed by atoms with Crippen molar-refractivity contribution in [2.45, 2.75) is 19.5 Å². The molecule has 1 saturated heterocycles. The number of nitro benzene ring substituents is 1. The van der Waals surface area contributed by atoms with Crippen molar-refractivity contribution in [2.24, 2.45) is 0 Å². The van der Waals surface area contributed by atoms with Crippen molar-refractivity contribution >= 4 is 28.9 Å². The first-order valence-corrected chi connectivity index (χ1v) is 10.4. The van der Waals surface area contributed by atoms with E-state index < -0.39 is 28.3 Å². The number of carbonyl (C=O) groups excluding carboxylic acids is 2. The van der Waals surface area contributed by atoms with Crippen LogP contribution in [0.3, 0.4) is 0 Å². The number of nitro groups is 1. The number of alkyl halides is 3. The summed E-state index contributed by atoms with van der Waals surface area (Å²) in [5, 5.41) is 16.5. The molecule has 2 N–H and O–H groups in total. The highest BCUT2D eigenvalue weighted by molar-refractivity contribution is 5.99. The van der Waals surface area contributed by atoms with E-state index >= 15 is 0 Å². The summed E-state index contributed by atoms with van der Waals surface area (Å²) in [5.41, 5.74) is -0.494. The van der Waals surface area contributed by atoms with Crippen molar-refractivity contribution in [1.29, 1.82) is 0 Å². The fourth-order valence-corrected chi connectivity index (χ4v) is 3.47. The minimum absolute atomic E-state index is 0.0521. The van der Waals surface area contributed by atoms with Gasteiger partial charge in [-0.3, -0.25) is 19.7 Å². The van der Waals surface area contributed by atoms with Gasteiger partial charge in [-0.05, 0) is 36.8 Å². The maximum atomic E-state index is 12.8. The number of hydrogen-bond donors (Lipinski definition) is 2. The number of ether oxygens (including phenoxy) is 1. The summed E-state index contributed by atoms with van der Waals surface area (Å²) in [4.78, 5) is 37.1. The first kappa shape index (κ1) is 25.0. The van der Waals surface area contributed by atoms with Crippen LogP contribution in [0.1, 0.15) is 27.9 Å². The highest BCUT2D eigenvalue weighted by atomic mass is 19.4. The van der Waals surface area contributed by atoms with E-state index in [1.807, 2.05) is 0 Å². The van der Waals surface area contributed by atoms with Gasteiger partial charge in [-0.15, -0.1) is 0 Å². The summed E-state index contributed by atoms with van der Waals surface area (Å²) in [6, 6.07) is 7.12. The largest absolute Gasteiger partial charge is 0.416 e. The number of nitrogens with one attached hydrogen (secondary N) is 2. The van der Waals surface area contributed by atoms with Gasteiger partial charge in [-0.2, -0.15) is 13.2 Å². The third-order valence-electron chi connectivity index (χ3n) is 5.33. The Morgan fingerprint density at radius 3 is 2.50 bits per heavy atom. The molecule has 2 aromatic carbocycles. The SMILES string of the molecule is Cc1c(NC(=O)CCNc2ccc(C(F)(F)F)cc2[N+](=O)[O-])cccc1C(=O)N1CCOCC1. The van der Waals surface area contributed by atoms with Crippen molar-refractivity contribution < 1.29 is 32.4 Å². The van der Waals surface area contributed by atoms with Crippen LogP contribution < -0.4 is 10.6 Å². The van der Waals surface area contributed by atoms with Crippen molar-refractivity contribution in [3.8, 4) is 0 Å². The van der Waals surface area contributed by atoms with E-state index in [1.54, 1.807) is 30.0 Å². The maximum Gasteiger partial charge on any atom is 0.416 e. The van der Waals surface area contributed by atoms with Gasteiger partial charge in [0.15, 0.2) is 0 Å². The number of rotatable bonds is 7. The van der Waals surface area contributed by atoms with E-state index in [2.05, 4.69) is 10.6 Å². The van der Waals surface area contributed by atoms with E-state index in [4.69, 9.17) is 4.74 Å². The average molecular weight is 480 g/mol. The standard InChI is InChI=1S/C22H23F3N4O5/c1-14-16(21(31)28-9-11-34-12-10-28)3-2-4-17(14)27-20(30)7-8-26-18-6-5-15(22(23,24)25)13-19(18)29(32)33/h2-6,13,26H,7-12H2,1H3,(H,27,30). The number of amides is 2. The summed E-state index contributed by atoms with van der Waals surface area (Å²) in [5.74, 6) is -0.589. The smallest absolute Gasteiger partial charge is 0.379 e. The van der Waals surface area contributed by atoms with E-state index in [-0.39, 0.29) is 24.6 Å². The number of hydrogen-bond acceptors (Lipinski definition) is 6. The summed E-state index contributed by atoms with van der Waals surface area (Å²) in [6.07, 6.45) is -4.82. The molecule has 0 aromatic heterocycles. The number of carbonyl (C=O) groups is 2. The quantitative estimate of drug-likeness (QED) is 0.460. The lowest BCUT2D eigenvalue weighted by Gasteiger charge is -2.27. The molecule has 0 radical (unpaired) electrons. The normalized spacial score (nSPS) is 13.9. The van der Waals surface area contributed by atoms with E-state index in [1.165, 1.54) is 0 Å². The van der Waals surface area contributed by atoms with Crippen LogP contribution in [0.2, 0.25) is 0 Å². The molecule has 0 unspecified atom stereocenters. The molecule has 9 nitrogen and oxygen atoms in total. The topological polar surface area (TPSA) is 114 Å². The van der Waals surface area contributed by atoms with Crippen LogP contribution in [0.4, 0.5) is 30.2 Å². The summed E-state index contributed by atoms with van der Waals surface area (Å²) in [6.45, 7) is 3.56. The third kappa shape index (κ3) is 6.01. The number of nitrogens with zero attached hydrogens (tertiary/aromatic N) is 2. The molecule has 1 heterocycles. The van der Waals surface area contributed by atoms with Gasteiger partial charge in [0.25, 0.3) is 11.6 Å². The summed E-state index contributed by atoms with van der Waals surface area (Å²) >= 11 is 0. The lowest BCUT2D eigenvalue weighted by atomic mass is 10.0. The molecule has 0 aliphatic carbocycles. The summed E-state index contributed by atoms with van der Waals surface area (Å²) < 4.78 is 43.7. The first-order valence-electron chi connectivity index (χ1n) is 10.4. The Bertz CT molecular complexity index is 1080. The Balaban J connectivity index is 1.62. The van der Waals surface area contributed by atoms with Crippen molar-refractivity contribution in [1.82, 2.24) is 4.90 Å². The molecule has 182 valence electrons. The second-order valence-electron chi connectivity index (χ2n) is 7.59. The molecule has 3 rings (SSSR count). The van der Waals surface area contributed by atoms with Gasteiger partial charge in [-0.25, -0.2) is 0 Å². The molecule has 34 heavy (non-hydrogen) atoms. The van der Waals surface area contributed by atoms with Gasteiger partial charge in [0.1, 0.15) is 5.69 Å². The molecule has 1 aliphatic rings. The van der Waals surface area contributed by atoms with Crippen LogP contribution >= 0.6 is 0 Å². The lowest BCUT2D eigenvalue weighted by Crippen LogP contribution is -2.41. The molecular weight excluding hydrogens is 457 g/mol. The molecule has 12 heteroatoms. The number of morpholine rings is 1. The van der Waals surface area contributed by atoms with Gasteiger partial charge in [0.2, 0.25) is 5.91 Å². The predicted molar refractivity (Wildman–Crippen MR) is 118 cm³/mol. The zero-order valence-electron chi connectivity index (χ0n) is 18.3. The zero-order chi connectivity index (χ0) is 24.9. The van der Waals surface area contributed by atoms with Crippen LogP contribution in [-0.2, 0) is 15.7 Å². The second-order valence-corrected chi connectivity index (χ2v) is 7.59. The van der Waals surface area contributed by atoms with Gasteiger partial charge in [0.05, 0.1) is 23.7 Å². The molecule has 1 aliphatic heterocycles. The Labute approximate surface area is 193 Å². The van der Waals surface area contributed by atoms with E-state index in [9.17, 15) is 32.9 Å². The van der Waals surface area contributed by atoms with Gasteiger partial charge >= 0.3 is 6.18 Å². The van der Waals surface area contributed by atoms with E-state index in [0.717, 1.165) is 12.1 Å². The fourth-order valence-electron chi connectivity index (χ4n) is 3.47. The minimum atomic E-state index is -4.71. The first-order chi connectivity index (χ1) is 16.1.